The fourth-order valence-electron chi connectivity index (χ4n) is 4.67. The quantitative estimate of drug-likeness (QED) is 0.384. The fraction of sp³-hybridized carbons (Fsp3) is 1.00. The first kappa shape index (κ1) is 17.2. The monoisotopic (exact) mass is 295 g/mol. The van der Waals surface area contributed by atoms with Crippen molar-refractivity contribution in [2.45, 2.75) is 102 Å². The minimum Gasteiger partial charge on any atom is -0.296 e. The standard InChI is InChI=1S/C18H37N3/c1-2-3-4-5-7-12-17(20-19)18(13-8-9-14-18)21-15-10-6-11-16-21/h17,20H,2-16,19H2,1H3. The van der Waals surface area contributed by atoms with Gasteiger partial charge in [0, 0.05) is 11.6 Å². The van der Waals surface area contributed by atoms with E-state index in [1.54, 1.807) is 0 Å². The Morgan fingerprint density at radius 1 is 0.952 bits per heavy atom. The average molecular weight is 296 g/mol. The second-order valence-electron chi connectivity index (χ2n) is 7.28. The molecule has 1 unspecified atom stereocenters. The zero-order valence-electron chi connectivity index (χ0n) is 14.2. The van der Waals surface area contributed by atoms with Gasteiger partial charge in [0.15, 0.2) is 0 Å². The van der Waals surface area contributed by atoms with Crippen LogP contribution in [0, 0.1) is 0 Å². The van der Waals surface area contributed by atoms with E-state index in [0.717, 1.165) is 0 Å². The number of unbranched alkanes of at least 4 members (excludes halogenated alkanes) is 4. The third-order valence-electron chi connectivity index (χ3n) is 5.90. The molecule has 124 valence electrons. The molecule has 0 aromatic heterocycles. The smallest absolute Gasteiger partial charge is 0.0394 e. The summed E-state index contributed by atoms with van der Waals surface area (Å²) in [6, 6.07) is 0.500. The van der Waals surface area contributed by atoms with Crippen molar-refractivity contribution in [3.05, 3.63) is 0 Å². The van der Waals surface area contributed by atoms with Crippen molar-refractivity contribution in [2.75, 3.05) is 13.1 Å². The predicted octanol–water partition coefficient (Wildman–Crippen LogP) is 3.98. The summed E-state index contributed by atoms with van der Waals surface area (Å²) in [5, 5.41) is 0. The molecule has 1 aliphatic heterocycles. The number of hydrazine groups is 1. The summed E-state index contributed by atoms with van der Waals surface area (Å²) in [5.74, 6) is 6.01. The van der Waals surface area contributed by atoms with Crippen LogP contribution in [-0.4, -0.2) is 29.6 Å². The second kappa shape index (κ2) is 9.12. The molecule has 1 saturated carbocycles. The van der Waals surface area contributed by atoms with Gasteiger partial charge < -0.3 is 0 Å². The minimum atomic E-state index is 0.375. The number of rotatable bonds is 9. The molecule has 0 aromatic rings. The first-order valence-corrected chi connectivity index (χ1v) is 9.54. The van der Waals surface area contributed by atoms with E-state index in [1.807, 2.05) is 0 Å². The summed E-state index contributed by atoms with van der Waals surface area (Å²) in [4.78, 5) is 2.81. The zero-order chi connectivity index (χ0) is 15.0. The molecule has 1 aliphatic carbocycles. The Labute approximate surface area is 132 Å². The first-order chi connectivity index (χ1) is 10.3. The van der Waals surface area contributed by atoms with E-state index in [1.165, 1.54) is 96.6 Å². The van der Waals surface area contributed by atoms with Crippen molar-refractivity contribution in [3.63, 3.8) is 0 Å². The van der Waals surface area contributed by atoms with Gasteiger partial charge in [0.1, 0.15) is 0 Å². The van der Waals surface area contributed by atoms with E-state index in [4.69, 9.17) is 5.84 Å². The van der Waals surface area contributed by atoms with Crippen LogP contribution in [0.2, 0.25) is 0 Å². The molecule has 2 fully saturated rings. The number of hydrogen-bond acceptors (Lipinski definition) is 3. The number of hydrogen-bond donors (Lipinski definition) is 2. The highest BCUT2D eigenvalue weighted by atomic mass is 15.3. The van der Waals surface area contributed by atoms with Crippen LogP contribution in [0.1, 0.15) is 90.4 Å². The van der Waals surface area contributed by atoms with Gasteiger partial charge in [-0.25, -0.2) is 0 Å². The van der Waals surface area contributed by atoms with Gasteiger partial charge in [-0.15, -0.1) is 0 Å². The highest BCUT2D eigenvalue weighted by Crippen LogP contribution is 2.40. The van der Waals surface area contributed by atoms with E-state index in [2.05, 4.69) is 17.2 Å². The van der Waals surface area contributed by atoms with Gasteiger partial charge in [0.05, 0.1) is 0 Å². The molecule has 21 heavy (non-hydrogen) atoms. The molecule has 2 aliphatic rings. The number of nitrogens with one attached hydrogen (secondary N) is 1. The van der Waals surface area contributed by atoms with Crippen molar-refractivity contribution in [1.29, 1.82) is 0 Å². The number of nitrogens with two attached hydrogens (primary N) is 1. The molecule has 0 radical (unpaired) electrons. The Morgan fingerprint density at radius 2 is 1.62 bits per heavy atom. The summed E-state index contributed by atoms with van der Waals surface area (Å²) >= 11 is 0. The maximum absolute atomic E-state index is 6.01. The molecular formula is C18H37N3. The topological polar surface area (TPSA) is 41.3 Å². The summed E-state index contributed by atoms with van der Waals surface area (Å²) < 4.78 is 0. The van der Waals surface area contributed by atoms with Gasteiger partial charge in [-0.05, 0) is 45.2 Å². The number of nitrogens with zero attached hydrogens (tertiary/aromatic N) is 1. The molecule has 0 aromatic carbocycles. The zero-order valence-corrected chi connectivity index (χ0v) is 14.2. The SMILES string of the molecule is CCCCCCCC(NN)C1(N2CCCCC2)CCCC1. The third-order valence-corrected chi connectivity index (χ3v) is 5.90. The van der Waals surface area contributed by atoms with Crippen molar-refractivity contribution in [2.24, 2.45) is 5.84 Å². The predicted molar refractivity (Wildman–Crippen MR) is 91.1 cm³/mol. The van der Waals surface area contributed by atoms with E-state index in [9.17, 15) is 0 Å². The van der Waals surface area contributed by atoms with Crippen LogP contribution < -0.4 is 11.3 Å². The minimum absolute atomic E-state index is 0.375. The Hall–Kier alpha value is -0.120. The Bertz CT molecular complexity index is 268. The fourth-order valence-corrected chi connectivity index (χ4v) is 4.67. The summed E-state index contributed by atoms with van der Waals surface area (Å²) in [5.41, 5.74) is 3.61. The molecule has 3 nitrogen and oxygen atoms in total. The van der Waals surface area contributed by atoms with Crippen LogP contribution in [0.5, 0.6) is 0 Å². The molecule has 3 N–H and O–H groups in total. The van der Waals surface area contributed by atoms with Crippen LogP contribution in [-0.2, 0) is 0 Å². The van der Waals surface area contributed by atoms with Crippen molar-refractivity contribution >= 4 is 0 Å². The van der Waals surface area contributed by atoms with Crippen LogP contribution >= 0.6 is 0 Å². The largest absolute Gasteiger partial charge is 0.296 e. The van der Waals surface area contributed by atoms with Gasteiger partial charge >= 0.3 is 0 Å². The number of piperidine rings is 1. The number of likely N-dealkylation sites (tertiary alicyclic amines) is 1. The molecule has 0 amide bonds. The van der Waals surface area contributed by atoms with E-state index in [0.29, 0.717) is 11.6 Å². The molecule has 0 spiro atoms. The lowest BCUT2D eigenvalue weighted by molar-refractivity contribution is 0.0331. The van der Waals surface area contributed by atoms with Crippen molar-refractivity contribution < 1.29 is 0 Å². The lowest BCUT2D eigenvalue weighted by atomic mass is 9.82. The Morgan fingerprint density at radius 3 is 2.24 bits per heavy atom. The summed E-state index contributed by atoms with van der Waals surface area (Å²) in [6.45, 7) is 4.89. The highest BCUT2D eigenvalue weighted by Gasteiger charge is 2.45. The second-order valence-corrected chi connectivity index (χ2v) is 7.28. The lowest BCUT2D eigenvalue weighted by Crippen LogP contribution is -2.62. The van der Waals surface area contributed by atoms with Gasteiger partial charge in [-0.3, -0.25) is 16.2 Å². The van der Waals surface area contributed by atoms with Crippen molar-refractivity contribution in [1.82, 2.24) is 10.3 Å². The van der Waals surface area contributed by atoms with E-state index < -0.39 is 0 Å². The average Bonchev–Trinajstić information content (AvgIpc) is 3.02. The van der Waals surface area contributed by atoms with Gasteiger partial charge in [-0.2, -0.15) is 0 Å². The van der Waals surface area contributed by atoms with E-state index >= 15 is 0 Å². The molecular weight excluding hydrogens is 258 g/mol. The molecule has 1 saturated heterocycles. The molecule has 2 rings (SSSR count). The maximum Gasteiger partial charge on any atom is 0.0394 e. The Balaban J connectivity index is 1.90. The van der Waals surface area contributed by atoms with Crippen LogP contribution in [0.15, 0.2) is 0 Å². The summed E-state index contributed by atoms with van der Waals surface area (Å²) in [7, 11) is 0. The normalized spacial score (nSPS) is 24.3. The summed E-state index contributed by atoms with van der Waals surface area (Å²) in [6.07, 6.45) is 17.8. The van der Waals surface area contributed by atoms with Crippen LogP contribution in [0.25, 0.3) is 0 Å². The van der Waals surface area contributed by atoms with Crippen molar-refractivity contribution in [3.8, 4) is 0 Å². The lowest BCUT2D eigenvalue weighted by Gasteiger charge is -2.48. The third kappa shape index (κ3) is 4.43. The molecule has 1 heterocycles. The highest BCUT2D eigenvalue weighted by molar-refractivity contribution is 5.03. The van der Waals surface area contributed by atoms with E-state index in [-0.39, 0.29) is 0 Å². The van der Waals surface area contributed by atoms with Crippen LogP contribution in [0.4, 0.5) is 0 Å². The molecule has 1 atom stereocenters. The van der Waals surface area contributed by atoms with Gasteiger partial charge in [-0.1, -0.05) is 58.3 Å². The van der Waals surface area contributed by atoms with Gasteiger partial charge in [0.2, 0.25) is 0 Å². The molecule has 3 heteroatoms. The van der Waals surface area contributed by atoms with Gasteiger partial charge in [0.25, 0.3) is 0 Å². The first-order valence-electron chi connectivity index (χ1n) is 9.54. The Kier molecular flexibility index (Phi) is 7.48. The molecule has 0 bridgehead atoms. The van der Waals surface area contributed by atoms with Crippen LogP contribution in [0.3, 0.4) is 0 Å². The maximum atomic E-state index is 6.01.